The molecule has 2 rings (SSSR count). The third-order valence-corrected chi connectivity index (χ3v) is 3.80. The van der Waals surface area contributed by atoms with E-state index in [0.717, 1.165) is 5.56 Å². The van der Waals surface area contributed by atoms with Crippen molar-refractivity contribution < 1.29 is 9.90 Å². The summed E-state index contributed by atoms with van der Waals surface area (Å²) in [5.41, 5.74) is 7.96. The van der Waals surface area contributed by atoms with Crippen molar-refractivity contribution in [3.8, 4) is 0 Å². The molecule has 0 heterocycles. The second-order valence-electron chi connectivity index (χ2n) is 5.23. The Morgan fingerprint density at radius 2 is 2.06 bits per heavy atom. The first-order valence-corrected chi connectivity index (χ1v) is 6.74. The van der Waals surface area contributed by atoms with Crippen molar-refractivity contribution in [1.82, 2.24) is 0 Å². The van der Waals surface area contributed by atoms with Crippen LogP contribution in [0.5, 0.6) is 0 Å². The van der Waals surface area contributed by atoms with Gasteiger partial charge in [-0.1, -0.05) is 43.5 Å². The van der Waals surface area contributed by atoms with Crippen molar-refractivity contribution in [3.05, 3.63) is 35.4 Å². The van der Waals surface area contributed by atoms with Gasteiger partial charge in [0.1, 0.15) is 6.04 Å². The fraction of sp³-hybridized carbons (Fsp3) is 0.533. The van der Waals surface area contributed by atoms with Gasteiger partial charge in [-0.05, 0) is 36.3 Å². The van der Waals surface area contributed by atoms with E-state index in [2.05, 4.69) is 12.1 Å². The standard InChI is InChI=1S/C15H21NO2/c16-14(15(17)18)10-11-5-4-8-13(9-11)12-6-2-1-3-7-12/h4-5,8-9,12,14H,1-3,6-7,10,16H2,(H,17,18). The Morgan fingerprint density at radius 3 is 2.72 bits per heavy atom. The van der Waals surface area contributed by atoms with E-state index in [4.69, 9.17) is 10.8 Å². The quantitative estimate of drug-likeness (QED) is 0.859. The molecule has 1 aromatic rings. The Balaban J connectivity index is 2.06. The highest BCUT2D eigenvalue weighted by molar-refractivity contribution is 5.73. The molecule has 1 unspecified atom stereocenters. The number of benzene rings is 1. The molecular formula is C15H21NO2. The zero-order valence-corrected chi connectivity index (χ0v) is 10.6. The van der Waals surface area contributed by atoms with Crippen molar-refractivity contribution in [2.24, 2.45) is 5.73 Å². The fourth-order valence-electron chi connectivity index (χ4n) is 2.75. The molecule has 0 bridgehead atoms. The van der Waals surface area contributed by atoms with E-state index in [-0.39, 0.29) is 0 Å². The summed E-state index contributed by atoms with van der Waals surface area (Å²) in [6.45, 7) is 0. The van der Waals surface area contributed by atoms with Gasteiger partial charge in [0.15, 0.2) is 0 Å². The van der Waals surface area contributed by atoms with Crippen LogP contribution < -0.4 is 5.73 Å². The normalized spacial score (nSPS) is 18.5. The molecule has 98 valence electrons. The smallest absolute Gasteiger partial charge is 0.320 e. The molecule has 0 saturated heterocycles. The predicted molar refractivity (Wildman–Crippen MR) is 71.6 cm³/mol. The summed E-state index contributed by atoms with van der Waals surface area (Å²) < 4.78 is 0. The number of aliphatic carboxylic acids is 1. The molecular weight excluding hydrogens is 226 g/mol. The van der Waals surface area contributed by atoms with Crippen molar-refractivity contribution in [2.45, 2.75) is 50.5 Å². The fourth-order valence-corrected chi connectivity index (χ4v) is 2.75. The van der Waals surface area contributed by atoms with Crippen LogP contribution >= 0.6 is 0 Å². The summed E-state index contributed by atoms with van der Waals surface area (Å²) in [5, 5.41) is 8.84. The number of nitrogens with two attached hydrogens (primary N) is 1. The van der Waals surface area contributed by atoms with E-state index >= 15 is 0 Å². The Bertz CT molecular complexity index is 411. The lowest BCUT2D eigenvalue weighted by atomic mass is 9.83. The van der Waals surface area contributed by atoms with Crippen LogP contribution in [0, 0.1) is 0 Å². The summed E-state index contributed by atoms with van der Waals surface area (Å²) in [6.07, 6.45) is 6.89. The highest BCUT2D eigenvalue weighted by Crippen LogP contribution is 2.32. The molecule has 1 atom stereocenters. The van der Waals surface area contributed by atoms with Crippen LogP contribution in [0.3, 0.4) is 0 Å². The van der Waals surface area contributed by atoms with Crippen LogP contribution in [0.4, 0.5) is 0 Å². The van der Waals surface area contributed by atoms with Crippen LogP contribution in [0.15, 0.2) is 24.3 Å². The number of hydrogen-bond acceptors (Lipinski definition) is 2. The molecule has 0 amide bonds. The molecule has 0 aromatic heterocycles. The van der Waals surface area contributed by atoms with Gasteiger partial charge in [0.25, 0.3) is 0 Å². The van der Waals surface area contributed by atoms with Gasteiger partial charge < -0.3 is 10.8 Å². The molecule has 0 spiro atoms. The summed E-state index contributed by atoms with van der Waals surface area (Å²) in [4.78, 5) is 10.8. The van der Waals surface area contributed by atoms with E-state index in [1.807, 2.05) is 12.1 Å². The Hall–Kier alpha value is -1.35. The van der Waals surface area contributed by atoms with Crippen molar-refractivity contribution in [1.29, 1.82) is 0 Å². The lowest BCUT2D eigenvalue weighted by Crippen LogP contribution is -2.32. The molecule has 0 aliphatic heterocycles. The minimum Gasteiger partial charge on any atom is -0.480 e. The Kier molecular flexibility index (Phi) is 4.37. The van der Waals surface area contributed by atoms with E-state index in [1.54, 1.807) is 0 Å². The number of rotatable bonds is 4. The van der Waals surface area contributed by atoms with Gasteiger partial charge >= 0.3 is 5.97 Å². The molecule has 3 heteroatoms. The number of hydrogen-bond donors (Lipinski definition) is 2. The van der Waals surface area contributed by atoms with E-state index in [0.29, 0.717) is 12.3 Å². The molecule has 1 aromatic carbocycles. The minimum atomic E-state index is -0.932. The van der Waals surface area contributed by atoms with Gasteiger partial charge in [-0.2, -0.15) is 0 Å². The first-order chi connectivity index (χ1) is 8.66. The van der Waals surface area contributed by atoms with Crippen molar-refractivity contribution in [2.75, 3.05) is 0 Å². The maximum absolute atomic E-state index is 10.8. The Morgan fingerprint density at radius 1 is 1.33 bits per heavy atom. The number of carboxylic acid groups (broad SMARTS) is 1. The van der Waals surface area contributed by atoms with Crippen molar-refractivity contribution >= 4 is 5.97 Å². The van der Waals surface area contributed by atoms with E-state index < -0.39 is 12.0 Å². The third kappa shape index (κ3) is 3.33. The van der Waals surface area contributed by atoms with E-state index in [1.165, 1.54) is 37.7 Å². The first-order valence-electron chi connectivity index (χ1n) is 6.74. The zero-order chi connectivity index (χ0) is 13.0. The van der Waals surface area contributed by atoms with Gasteiger partial charge in [-0.25, -0.2) is 0 Å². The lowest BCUT2D eigenvalue weighted by molar-refractivity contribution is -0.138. The summed E-state index contributed by atoms with van der Waals surface area (Å²) in [7, 11) is 0. The van der Waals surface area contributed by atoms with Crippen LogP contribution in [0.25, 0.3) is 0 Å². The highest BCUT2D eigenvalue weighted by Gasteiger charge is 2.17. The maximum Gasteiger partial charge on any atom is 0.320 e. The average Bonchev–Trinajstić information content (AvgIpc) is 2.40. The number of carboxylic acids is 1. The molecule has 18 heavy (non-hydrogen) atoms. The predicted octanol–water partition coefficient (Wildman–Crippen LogP) is 2.69. The second-order valence-corrected chi connectivity index (χ2v) is 5.23. The molecule has 0 radical (unpaired) electrons. The summed E-state index contributed by atoms with van der Waals surface area (Å²) in [5.74, 6) is -0.280. The van der Waals surface area contributed by atoms with Crippen LogP contribution in [-0.2, 0) is 11.2 Å². The van der Waals surface area contributed by atoms with Crippen molar-refractivity contribution in [3.63, 3.8) is 0 Å². The van der Waals surface area contributed by atoms with E-state index in [9.17, 15) is 4.79 Å². The van der Waals surface area contributed by atoms with Gasteiger partial charge in [0.05, 0.1) is 0 Å². The van der Waals surface area contributed by atoms with Crippen LogP contribution in [-0.4, -0.2) is 17.1 Å². The van der Waals surface area contributed by atoms with Crippen LogP contribution in [0.1, 0.15) is 49.1 Å². The van der Waals surface area contributed by atoms with Gasteiger partial charge in [-0.3, -0.25) is 4.79 Å². The summed E-state index contributed by atoms with van der Waals surface area (Å²) in [6, 6.07) is 7.49. The lowest BCUT2D eigenvalue weighted by Gasteiger charge is -2.22. The van der Waals surface area contributed by atoms with Gasteiger partial charge in [0, 0.05) is 0 Å². The molecule has 3 nitrogen and oxygen atoms in total. The monoisotopic (exact) mass is 247 g/mol. The molecule has 1 aliphatic rings. The molecule has 3 N–H and O–H groups in total. The topological polar surface area (TPSA) is 63.3 Å². The zero-order valence-electron chi connectivity index (χ0n) is 10.6. The Labute approximate surface area is 108 Å². The number of carbonyl (C=O) groups is 1. The third-order valence-electron chi connectivity index (χ3n) is 3.80. The largest absolute Gasteiger partial charge is 0.480 e. The average molecular weight is 247 g/mol. The maximum atomic E-state index is 10.8. The highest BCUT2D eigenvalue weighted by atomic mass is 16.4. The second kappa shape index (κ2) is 6.01. The SMILES string of the molecule is NC(Cc1cccc(C2CCCCC2)c1)C(=O)O. The molecule has 1 saturated carbocycles. The molecule has 1 aliphatic carbocycles. The van der Waals surface area contributed by atoms with Gasteiger partial charge in [0.2, 0.25) is 0 Å². The van der Waals surface area contributed by atoms with Crippen LogP contribution in [0.2, 0.25) is 0 Å². The first kappa shape index (κ1) is 13.1. The minimum absolute atomic E-state index is 0.413. The van der Waals surface area contributed by atoms with Gasteiger partial charge in [-0.15, -0.1) is 0 Å². The molecule has 1 fully saturated rings. The summed E-state index contributed by atoms with van der Waals surface area (Å²) >= 11 is 0.